The number of carbonyl (C=O) groups excluding carboxylic acids is 1. The van der Waals surface area contributed by atoms with Gasteiger partial charge in [-0.15, -0.1) is 0 Å². The Morgan fingerprint density at radius 1 is 1.16 bits per heavy atom. The van der Waals surface area contributed by atoms with Crippen LogP contribution in [-0.4, -0.2) is 48.4 Å². The Morgan fingerprint density at radius 3 is 2.72 bits per heavy atom. The molecule has 128 valence electrons. The predicted molar refractivity (Wildman–Crippen MR) is 96.3 cm³/mol. The van der Waals surface area contributed by atoms with Gasteiger partial charge < -0.3 is 20.1 Å². The van der Waals surface area contributed by atoms with Crippen LogP contribution in [0.25, 0.3) is 0 Å². The molecular weight excluding hydrogens is 316 g/mol. The van der Waals surface area contributed by atoms with Crippen LogP contribution in [0.3, 0.4) is 0 Å². The normalized spacial score (nSPS) is 16.7. The third-order valence-electron chi connectivity index (χ3n) is 3.91. The van der Waals surface area contributed by atoms with Crippen LogP contribution in [0.2, 0.25) is 0 Å². The van der Waals surface area contributed by atoms with Crippen molar-refractivity contribution in [1.29, 1.82) is 0 Å². The SMILES string of the molecule is O=C(Nc1ccccc1C#Cc1ccccc1)N1CCOC(CO)C1. The molecule has 5 heteroatoms. The number of carbonyl (C=O) groups is 1. The number of nitrogens with one attached hydrogen (secondary N) is 1. The number of aliphatic hydroxyl groups excluding tert-OH is 1. The van der Waals surface area contributed by atoms with Crippen molar-refractivity contribution in [1.82, 2.24) is 4.90 Å². The number of aliphatic hydroxyl groups is 1. The van der Waals surface area contributed by atoms with Crippen LogP contribution in [0.5, 0.6) is 0 Å². The maximum Gasteiger partial charge on any atom is 0.322 e. The van der Waals surface area contributed by atoms with Crippen LogP contribution in [-0.2, 0) is 4.74 Å². The van der Waals surface area contributed by atoms with Crippen LogP contribution in [0.15, 0.2) is 54.6 Å². The van der Waals surface area contributed by atoms with Gasteiger partial charge in [-0.2, -0.15) is 0 Å². The molecule has 5 nitrogen and oxygen atoms in total. The molecule has 1 heterocycles. The number of morpholine rings is 1. The van der Waals surface area contributed by atoms with E-state index in [0.717, 1.165) is 11.1 Å². The summed E-state index contributed by atoms with van der Waals surface area (Å²) >= 11 is 0. The largest absolute Gasteiger partial charge is 0.394 e. The zero-order chi connectivity index (χ0) is 17.5. The molecule has 1 unspecified atom stereocenters. The number of anilines is 1. The molecule has 0 saturated carbocycles. The summed E-state index contributed by atoms with van der Waals surface area (Å²) in [7, 11) is 0. The molecule has 0 bridgehead atoms. The van der Waals surface area contributed by atoms with Crippen molar-refractivity contribution >= 4 is 11.7 Å². The number of urea groups is 1. The lowest BCUT2D eigenvalue weighted by molar-refractivity contribution is -0.0388. The number of hydrogen-bond donors (Lipinski definition) is 2. The lowest BCUT2D eigenvalue weighted by Gasteiger charge is -2.32. The highest BCUT2D eigenvalue weighted by Crippen LogP contribution is 2.16. The summed E-state index contributed by atoms with van der Waals surface area (Å²) in [5.41, 5.74) is 2.34. The van der Waals surface area contributed by atoms with Gasteiger partial charge in [0.2, 0.25) is 0 Å². The first-order valence-electron chi connectivity index (χ1n) is 8.21. The van der Waals surface area contributed by atoms with Gasteiger partial charge in [0.25, 0.3) is 0 Å². The molecule has 0 aromatic heterocycles. The Bertz CT molecular complexity index is 780. The van der Waals surface area contributed by atoms with Crippen molar-refractivity contribution in [2.24, 2.45) is 0 Å². The topological polar surface area (TPSA) is 61.8 Å². The van der Waals surface area contributed by atoms with E-state index in [4.69, 9.17) is 4.74 Å². The molecule has 0 radical (unpaired) electrons. The summed E-state index contributed by atoms with van der Waals surface area (Å²) in [4.78, 5) is 14.1. The molecular formula is C20H20N2O3. The molecule has 3 rings (SSSR count). The highest BCUT2D eigenvalue weighted by atomic mass is 16.5. The number of hydrogen-bond acceptors (Lipinski definition) is 3. The third kappa shape index (κ3) is 4.60. The second kappa shape index (κ2) is 8.34. The minimum absolute atomic E-state index is 0.0943. The first-order valence-corrected chi connectivity index (χ1v) is 8.21. The lowest BCUT2D eigenvalue weighted by Crippen LogP contribution is -2.48. The van der Waals surface area contributed by atoms with Gasteiger partial charge in [0, 0.05) is 17.7 Å². The van der Waals surface area contributed by atoms with E-state index in [0.29, 0.717) is 25.4 Å². The second-order valence-corrected chi connectivity index (χ2v) is 5.71. The minimum Gasteiger partial charge on any atom is -0.394 e. The van der Waals surface area contributed by atoms with Crippen LogP contribution < -0.4 is 5.32 Å². The molecule has 1 saturated heterocycles. The maximum atomic E-state index is 12.5. The predicted octanol–water partition coefficient (Wildman–Crippen LogP) is 2.31. The zero-order valence-electron chi connectivity index (χ0n) is 13.8. The quantitative estimate of drug-likeness (QED) is 0.828. The van der Waals surface area contributed by atoms with E-state index in [-0.39, 0.29) is 18.7 Å². The molecule has 0 spiro atoms. The molecule has 2 aromatic carbocycles. The summed E-state index contributed by atoms with van der Waals surface area (Å²) < 4.78 is 5.37. The fraction of sp³-hybridized carbons (Fsp3) is 0.250. The van der Waals surface area contributed by atoms with E-state index in [9.17, 15) is 9.90 Å². The number of benzene rings is 2. The van der Waals surface area contributed by atoms with E-state index in [1.165, 1.54) is 0 Å². The lowest BCUT2D eigenvalue weighted by atomic mass is 10.1. The summed E-state index contributed by atoms with van der Waals surface area (Å²) in [6.45, 7) is 1.21. The number of rotatable bonds is 2. The highest BCUT2D eigenvalue weighted by Gasteiger charge is 2.23. The monoisotopic (exact) mass is 336 g/mol. The van der Waals surface area contributed by atoms with Crippen LogP contribution in [0.4, 0.5) is 10.5 Å². The molecule has 2 N–H and O–H groups in total. The molecule has 2 amide bonds. The minimum atomic E-state index is -0.326. The van der Waals surface area contributed by atoms with Gasteiger partial charge >= 0.3 is 6.03 Å². The molecule has 2 aromatic rings. The molecule has 1 aliphatic heterocycles. The molecule has 1 atom stereocenters. The fourth-order valence-electron chi connectivity index (χ4n) is 2.57. The van der Waals surface area contributed by atoms with Crippen molar-refractivity contribution in [3.05, 3.63) is 65.7 Å². The Morgan fingerprint density at radius 2 is 1.92 bits per heavy atom. The maximum absolute atomic E-state index is 12.5. The summed E-state index contributed by atoms with van der Waals surface area (Å²) in [6.07, 6.45) is -0.326. The van der Waals surface area contributed by atoms with Crippen molar-refractivity contribution in [2.75, 3.05) is 31.6 Å². The molecule has 0 aliphatic carbocycles. The van der Waals surface area contributed by atoms with Gasteiger partial charge in [0.15, 0.2) is 0 Å². The van der Waals surface area contributed by atoms with E-state index in [1.54, 1.807) is 4.90 Å². The van der Waals surface area contributed by atoms with Crippen molar-refractivity contribution < 1.29 is 14.6 Å². The van der Waals surface area contributed by atoms with Crippen molar-refractivity contribution in [3.8, 4) is 11.8 Å². The average Bonchev–Trinajstić information content (AvgIpc) is 2.68. The average molecular weight is 336 g/mol. The summed E-state index contributed by atoms with van der Waals surface area (Å²) in [5, 5.41) is 12.1. The Hall–Kier alpha value is -2.81. The van der Waals surface area contributed by atoms with E-state index in [2.05, 4.69) is 17.2 Å². The highest BCUT2D eigenvalue weighted by molar-refractivity contribution is 5.91. The number of nitrogens with zero attached hydrogens (tertiary/aromatic N) is 1. The first kappa shape index (κ1) is 17.0. The smallest absolute Gasteiger partial charge is 0.322 e. The van der Waals surface area contributed by atoms with Crippen molar-refractivity contribution in [3.63, 3.8) is 0 Å². The zero-order valence-corrected chi connectivity index (χ0v) is 13.8. The standard InChI is InChI=1S/C20H20N2O3/c23-15-18-14-22(12-13-25-18)20(24)21-19-9-5-4-8-17(19)11-10-16-6-2-1-3-7-16/h1-9,18,23H,12-15H2,(H,21,24). The number of para-hydroxylation sites is 1. The third-order valence-corrected chi connectivity index (χ3v) is 3.91. The molecule has 1 fully saturated rings. The van der Waals surface area contributed by atoms with E-state index >= 15 is 0 Å². The second-order valence-electron chi connectivity index (χ2n) is 5.71. The fourth-order valence-corrected chi connectivity index (χ4v) is 2.57. The Kier molecular flexibility index (Phi) is 5.68. The summed E-state index contributed by atoms with van der Waals surface area (Å²) in [5.74, 6) is 6.21. The van der Waals surface area contributed by atoms with Gasteiger partial charge in [-0.3, -0.25) is 0 Å². The Labute approximate surface area is 147 Å². The van der Waals surface area contributed by atoms with Gasteiger partial charge in [0.1, 0.15) is 0 Å². The molecule has 1 aliphatic rings. The van der Waals surface area contributed by atoms with Crippen LogP contribution >= 0.6 is 0 Å². The molecule has 25 heavy (non-hydrogen) atoms. The van der Waals surface area contributed by atoms with Crippen molar-refractivity contribution in [2.45, 2.75) is 6.10 Å². The van der Waals surface area contributed by atoms with Crippen LogP contribution in [0.1, 0.15) is 11.1 Å². The Balaban J connectivity index is 1.73. The van der Waals surface area contributed by atoms with E-state index < -0.39 is 0 Å². The first-order chi connectivity index (χ1) is 12.3. The number of ether oxygens (including phenoxy) is 1. The van der Waals surface area contributed by atoms with E-state index in [1.807, 2.05) is 54.6 Å². The van der Waals surface area contributed by atoms with Gasteiger partial charge in [-0.25, -0.2) is 4.79 Å². The van der Waals surface area contributed by atoms with Gasteiger partial charge in [-0.05, 0) is 24.3 Å². The summed E-state index contributed by atoms with van der Waals surface area (Å²) in [6, 6.07) is 16.9. The van der Waals surface area contributed by atoms with Crippen LogP contribution in [0, 0.1) is 11.8 Å². The van der Waals surface area contributed by atoms with Gasteiger partial charge in [-0.1, -0.05) is 42.2 Å². The van der Waals surface area contributed by atoms with Gasteiger partial charge in [0.05, 0.1) is 31.5 Å². The number of amides is 2.